The lowest BCUT2D eigenvalue weighted by Gasteiger charge is -2.22. The summed E-state index contributed by atoms with van der Waals surface area (Å²) in [6.07, 6.45) is 4.23. The molecule has 1 N–H and O–H groups in total. The van der Waals surface area contributed by atoms with E-state index in [-0.39, 0.29) is 35.8 Å². The number of nitrogens with zero attached hydrogens (tertiary/aromatic N) is 3. The highest BCUT2D eigenvalue weighted by atomic mass is 32.2. The Hall–Kier alpha value is -2.68. The van der Waals surface area contributed by atoms with E-state index >= 15 is 0 Å². The Morgan fingerprint density at radius 1 is 1.26 bits per heavy atom. The summed E-state index contributed by atoms with van der Waals surface area (Å²) in [6, 6.07) is 9.65. The molecule has 2 atom stereocenters. The monoisotopic (exact) mass is 444 g/mol. The van der Waals surface area contributed by atoms with Gasteiger partial charge in [0.1, 0.15) is 0 Å². The van der Waals surface area contributed by atoms with Crippen molar-refractivity contribution in [3.05, 3.63) is 47.8 Å². The number of rotatable bonds is 7. The van der Waals surface area contributed by atoms with Gasteiger partial charge in [0, 0.05) is 31.7 Å². The summed E-state index contributed by atoms with van der Waals surface area (Å²) in [5.74, 6) is -0.514. The largest absolute Gasteiger partial charge is 0.356 e. The molecule has 0 spiro atoms. The van der Waals surface area contributed by atoms with Gasteiger partial charge >= 0.3 is 0 Å². The van der Waals surface area contributed by atoms with Crippen molar-refractivity contribution >= 4 is 21.7 Å². The minimum absolute atomic E-state index is 0.0170. The first-order valence-electron chi connectivity index (χ1n) is 10.7. The van der Waals surface area contributed by atoms with Crippen molar-refractivity contribution in [3.8, 4) is 5.69 Å². The first-order chi connectivity index (χ1) is 14.8. The first-order valence-corrected chi connectivity index (χ1v) is 12.5. The van der Waals surface area contributed by atoms with E-state index in [4.69, 9.17) is 0 Å². The Morgan fingerprint density at radius 3 is 2.74 bits per heavy atom. The Bertz CT molecular complexity index is 1060. The molecule has 2 saturated heterocycles. The fourth-order valence-electron chi connectivity index (χ4n) is 4.37. The number of likely N-dealkylation sites (tertiary alicyclic amines) is 1. The number of carbonyl (C=O) groups is 2. The molecule has 0 unspecified atom stereocenters. The van der Waals surface area contributed by atoms with Crippen molar-refractivity contribution in [1.82, 2.24) is 20.0 Å². The fraction of sp³-hybridized carbons (Fsp3) is 0.500. The van der Waals surface area contributed by atoms with E-state index in [1.165, 1.54) is 0 Å². The number of aromatic nitrogens is 2. The minimum Gasteiger partial charge on any atom is -0.356 e. The number of nitrogens with one attached hydrogen (secondary N) is 1. The van der Waals surface area contributed by atoms with Gasteiger partial charge < -0.3 is 10.2 Å². The van der Waals surface area contributed by atoms with Crippen LogP contribution in [0, 0.1) is 12.8 Å². The minimum atomic E-state index is -3.06. The summed E-state index contributed by atoms with van der Waals surface area (Å²) in [7, 11) is -3.06. The van der Waals surface area contributed by atoms with Crippen LogP contribution in [0.25, 0.3) is 5.69 Å². The van der Waals surface area contributed by atoms with Crippen LogP contribution in [-0.2, 0) is 25.8 Å². The van der Waals surface area contributed by atoms with Crippen molar-refractivity contribution in [2.24, 2.45) is 5.92 Å². The maximum Gasteiger partial charge on any atom is 0.225 e. The summed E-state index contributed by atoms with van der Waals surface area (Å²) < 4.78 is 25.3. The maximum atomic E-state index is 12.5. The van der Waals surface area contributed by atoms with Gasteiger partial charge in [0.25, 0.3) is 0 Å². The molecule has 0 saturated carbocycles. The van der Waals surface area contributed by atoms with E-state index in [2.05, 4.69) is 10.4 Å². The summed E-state index contributed by atoms with van der Waals surface area (Å²) in [6.45, 7) is 2.82. The molecule has 166 valence electrons. The van der Waals surface area contributed by atoms with Gasteiger partial charge in [-0.25, -0.2) is 13.1 Å². The standard InChI is InChI=1S/C22H28N4O4S/c1-16-17(14-26(24-16)19-7-3-2-4-8-19)6-5-10-23-22(28)18-12-21(27)25(13-18)20-9-11-31(29,30)15-20/h2-4,7-8,14,18,20H,5-6,9-13,15H2,1H3,(H,23,28)/t18-,20+/m1/s1. The summed E-state index contributed by atoms with van der Waals surface area (Å²) >= 11 is 0. The molecule has 2 aromatic rings. The van der Waals surface area contributed by atoms with Gasteiger partial charge in [0.2, 0.25) is 11.8 Å². The highest BCUT2D eigenvalue weighted by molar-refractivity contribution is 7.91. The van der Waals surface area contributed by atoms with Crippen LogP contribution in [0.1, 0.15) is 30.5 Å². The van der Waals surface area contributed by atoms with Crippen molar-refractivity contribution < 1.29 is 18.0 Å². The number of sulfone groups is 1. The van der Waals surface area contributed by atoms with Crippen LogP contribution in [0.3, 0.4) is 0 Å². The summed E-state index contributed by atoms with van der Waals surface area (Å²) in [4.78, 5) is 26.4. The zero-order valence-electron chi connectivity index (χ0n) is 17.7. The second-order valence-electron chi connectivity index (χ2n) is 8.42. The van der Waals surface area contributed by atoms with E-state index in [1.54, 1.807) is 4.90 Å². The molecule has 9 heteroatoms. The number of hydrogen-bond donors (Lipinski definition) is 1. The third kappa shape index (κ3) is 4.98. The smallest absolute Gasteiger partial charge is 0.225 e. The first kappa shape index (κ1) is 21.5. The molecule has 1 aromatic heterocycles. The molecule has 2 aliphatic heterocycles. The van der Waals surface area contributed by atoms with Crippen molar-refractivity contribution in [3.63, 3.8) is 0 Å². The molecule has 1 aromatic carbocycles. The number of para-hydroxylation sites is 1. The lowest BCUT2D eigenvalue weighted by atomic mass is 10.1. The average Bonchev–Trinajstić information content (AvgIpc) is 3.42. The normalized spacial score (nSPS) is 22.7. The quantitative estimate of drug-likeness (QED) is 0.648. The number of amides is 2. The molecule has 31 heavy (non-hydrogen) atoms. The zero-order valence-corrected chi connectivity index (χ0v) is 18.5. The number of hydrogen-bond acceptors (Lipinski definition) is 5. The van der Waals surface area contributed by atoms with Gasteiger partial charge in [-0.2, -0.15) is 5.10 Å². The van der Waals surface area contributed by atoms with Crippen LogP contribution in [-0.4, -0.2) is 65.5 Å². The molecule has 4 rings (SSSR count). The zero-order chi connectivity index (χ0) is 22.0. The van der Waals surface area contributed by atoms with Gasteiger partial charge in [-0.1, -0.05) is 18.2 Å². The van der Waals surface area contributed by atoms with E-state index in [0.29, 0.717) is 19.5 Å². The van der Waals surface area contributed by atoms with Gasteiger partial charge in [-0.05, 0) is 43.9 Å². The van der Waals surface area contributed by atoms with Crippen LogP contribution in [0.4, 0.5) is 0 Å². The van der Waals surface area contributed by atoms with E-state index in [0.717, 1.165) is 29.8 Å². The Balaban J connectivity index is 1.24. The molecule has 2 fully saturated rings. The van der Waals surface area contributed by atoms with Crippen LogP contribution in [0.5, 0.6) is 0 Å². The predicted octanol–water partition coefficient (Wildman–Crippen LogP) is 1.27. The Morgan fingerprint density at radius 2 is 2.03 bits per heavy atom. The third-order valence-electron chi connectivity index (χ3n) is 6.12. The molecule has 0 bridgehead atoms. The SMILES string of the molecule is Cc1nn(-c2ccccc2)cc1CCCNC(=O)[C@@H]1CC(=O)N([C@H]2CCS(=O)(=O)C2)C1. The van der Waals surface area contributed by atoms with Crippen molar-refractivity contribution in [2.75, 3.05) is 24.6 Å². The van der Waals surface area contributed by atoms with Crippen LogP contribution in [0.15, 0.2) is 36.5 Å². The molecule has 3 heterocycles. The number of benzene rings is 1. The predicted molar refractivity (Wildman–Crippen MR) is 117 cm³/mol. The Kier molecular flexibility index (Phi) is 6.13. The molecule has 2 amide bonds. The molecule has 0 radical (unpaired) electrons. The van der Waals surface area contributed by atoms with Gasteiger partial charge in [-0.3, -0.25) is 9.59 Å². The van der Waals surface area contributed by atoms with Gasteiger partial charge in [-0.15, -0.1) is 0 Å². The average molecular weight is 445 g/mol. The lowest BCUT2D eigenvalue weighted by molar-refractivity contribution is -0.130. The fourth-order valence-corrected chi connectivity index (χ4v) is 6.10. The van der Waals surface area contributed by atoms with E-state index in [1.807, 2.05) is 48.1 Å². The highest BCUT2D eigenvalue weighted by Gasteiger charge is 2.41. The second-order valence-corrected chi connectivity index (χ2v) is 10.6. The van der Waals surface area contributed by atoms with Crippen LogP contribution in [0.2, 0.25) is 0 Å². The molecule has 0 aliphatic carbocycles. The Labute approximate surface area is 182 Å². The number of aryl methyl sites for hydroxylation is 2. The topological polar surface area (TPSA) is 101 Å². The van der Waals surface area contributed by atoms with Gasteiger partial charge in [0.05, 0.1) is 28.8 Å². The van der Waals surface area contributed by atoms with E-state index in [9.17, 15) is 18.0 Å². The van der Waals surface area contributed by atoms with Crippen LogP contribution < -0.4 is 5.32 Å². The molecular weight excluding hydrogens is 416 g/mol. The molecule has 2 aliphatic rings. The number of carbonyl (C=O) groups excluding carboxylic acids is 2. The maximum absolute atomic E-state index is 12.5. The van der Waals surface area contributed by atoms with Gasteiger partial charge in [0.15, 0.2) is 9.84 Å². The molecular formula is C22H28N4O4S. The summed E-state index contributed by atoms with van der Waals surface area (Å²) in [5, 5.41) is 7.50. The summed E-state index contributed by atoms with van der Waals surface area (Å²) in [5.41, 5.74) is 3.12. The lowest BCUT2D eigenvalue weighted by Crippen LogP contribution is -2.39. The highest BCUT2D eigenvalue weighted by Crippen LogP contribution is 2.26. The second kappa shape index (κ2) is 8.82. The van der Waals surface area contributed by atoms with E-state index < -0.39 is 15.8 Å². The van der Waals surface area contributed by atoms with Crippen molar-refractivity contribution in [2.45, 2.75) is 38.6 Å². The third-order valence-corrected chi connectivity index (χ3v) is 7.87. The van der Waals surface area contributed by atoms with Crippen molar-refractivity contribution in [1.29, 1.82) is 0 Å². The van der Waals surface area contributed by atoms with Crippen LogP contribution >= 0.6 is 0 Å². The molecule has 8 nitrogen and oxygen atoms in total.